The largest absolute Gasteiger partial charge is 0.488 e. The summed E-state index contributed by atoms with van der Waals surface area (Å²) in [5.41, 5.74) is 3.02. The maximum Gasteiger partial charge on any atom is 0.269 e. The first kappa shape index (κ1) is 13.6. The summed E-state index contributed by atoms with van der Waals surface area (Å²) in [7, 11) is 3.93. The minimum absolute atomic E-state index is 0.145. The number of amides is 1. The van der Waals surface area contributed by atoms with Gasteiger partial charge in [-0.2, -0.15) is 5.10 Å². The summed E-state index contributed by atoms with van der Waals surface area (Å²) in [6, 6.07) is 7.71. The first-order chi connectivity index (χ1) is 10.2. The van der Waals surface area contributed by atoms with Crippen LogP contribution in [-0.2, 0) is 6.61 Å². The van der Waals surface area contributed by atoms with Gasteiger partial charge in [0.25, 0.3) is 5.91 Å². The molecule has 1 aromatic carbocycles. The van der Waals surface area contributed by atoms with Crippen molar-refractivity contribution in [2.45, 2.75) is 6.61 Å². The second-order valence-electron chi connectivity index (χ2n) is 5.27. The maximum atomic E-state index is 12.2. The van der Waals surface area contributed by atoms with Crippen LogP contribution >= 0.6 is 0 Å². The van der Waals surface area contributed by atoms with Gasteiger partial charge in [0.1, 0.15) is 23.7 Å². The van der Waals surface area contributed by atoms with Crippen LogP contribution < -0.4 is 10.1 Å². The molecule has 3 rings (SSSR count). The highest BCUT2D eigenvalue weighted by molar-refractivity contribution is 5.96. The van der Waals surface area contributed by atoms with E-state index < -0.39 is 0 Å². The Kier molecular flexibility index (Phi) is 3.62. The van der Waals surface area contributed by atoms with E-state index in [1.165, 1.54) is 0 Å². The molecular formula is C15H18N4O2. The first-order valence-corrected chi connectivity index (χ1v) is 6.89. The molecular weight excluding hydrogens is 268 g/mol. The van der Waals surface area contributed by atoms with Crippen molar-refractivity contribution in [1.82, 2.24) is 20.4 Å². The number of para-hydroxylation sites is 1. The smallest absolute Gasteiger partial charge is 0.269 e. The van der Waals surface area contributed by atoms with E-state index >= 15 is 0 Å². The van der Waals surface area contributed by atoms with Crippen LogP contribution in [0.5, 0.6) is 5.75 Å². The molecule has 0 saturated heterocycles. The molecule has 1 aliphatic rings. The summed E-state index contributed by atoms with van der Waals surface area (Å²) in [6.07, 6.45) is 0. The highest BCUT2D eigenvalue weighted by atomic mass is 16.5. The normalized spacial score (nSPS) is 12.5. The van der Waals surface area contributed by atoms with Crippen LogP contribution in [0.25, 0.3) is 11.3 Å². The molecule has 21 heavy (non-hydrogen) atoms. The molecule has 6 heteroatoms. The highest BCUT2D eigenvalue weighted by Crippen LogP contribution is 2.36. The standard InChI is InChI=1S/C15H18N4O2/c1-19(2)8-7-16-15(20)14-11-9-21-12-6-4-3-5-10(12)13(11)17-18-14/h3-6H,7-9H2,1-2H3,(H,16,20)(H,17,18). The average Bonchev–Trinajstić information content (AvgIpc) is 2.91. The molecule has 6 nitrogen and oxygen atoms in total. The second kappa shape index (κ2) is 5.57. The van der Waals surface area contributed by atoms with Gasteiger partial charge in [0.05, 0.1) is 0 Å². The minimum Gasteiger partial charge on any atom is -0.488 e. The molecule has 2 aromatic rings. The molecule has 1 aliphatic heterocycles. The number of likely N-dealkylation sites (N-methyl/N-ethyl adjacent to an activating group) is 1. The van der Waals surface area contributed by atoms with Gasteiger partial charge >= 0.3 is 0 Å². The number of fused-ring (bicyclic) bond motifs is 3. The molecule has 0 bridgehead atoms. The van der Waals surface area contributed by atoms with E-state index in [-0.39, 0.29) is 5.91 Å². The molecule has 0 unspecified atom stereocenters. The Bertz CT molecular complexity index is 663. The van der Waals surface area contributed by atoms with Gasteiger partial charge in [-0.05, 0) is 26.2 Å². The number of carbonyl (C=O) groups excluding carboxylic acids is 1. The van der Waals surface area contributed by atoms with Crippen LogP contribution in [0.3, 0.4) is 0 Å². The Morgan fingerprint density at radius 3 is 3.05 bits per heavy atom. The first-order valence-electron chi connectivity index (χ1n) is 6.89. The molecule has 2 heterocycles. The Balaban J connectivity index is 1.81. The lowest BCUT2D eigenvalue weighted by Crippen LogP contribution is -2.32. The number of rotatable bonds is 4. The quantitative estimate of drug-likeness (QED) is 0.888. The van der Waals surface area contributed by atoms with E-state index in [2.05, 4.69) is 15.5 Å². The van der Waals surface area contributed by atoms with E-state index in [9.17, 15) is 4.79 Å². The van der Waals surface area contributed by atoms with Crippen molar-refractivity contribution >= 4 is 5.91 Å². The molecule has 0 spiro atoms. The van der Waals surface area contributed by atoms with Crippen molar-refractivity contribution in [3.63, 3.8) is 0 Å². The number of hydrogen-bond donors (Lipinski definition) is 2. The van der Waals surface area contributed by atoms with E-state index in [0.717, 1.165) is 29.1 Å². The number of benzene rings is 1. The summed E-state index contributed by atoms with van der Waals surface area (Å²) in [6.45, 7) is 1.75. The van der Waals surface area contributed by atoms with Gasteiger partial charge < -0.3 is 15.0 Å². The SMILES string of the molecule is CN(C)CCNC(=O)c1[nH]nc2c1COc1ccccc1-2. The predicted octanol–water partition coefficient (Wildman–Crippen LogP) is 1.26. The molecule has 0 atom stereocenters. The Labute approximate surface area is 123 Å². The molecule has 0 fully saturated rings. The van der Waals surface area contributed by atoms with Crippen LogP contribution in [0.1, 0.15) is 16.1 Å². The summed E-state index contributed by atoms with van der Waals surface area (Å²) in [5.74, 6) is 0.657. The third-order valence-electron chi connectivity index (χ3n) is 3.45. The zero-order valence-electron chi connectivity index (χ0n) is 12.1. The molecule has 0 saturated carbocycles. The Morgan fingerprint density at radius 2 is 2.24 bits per heavy atom. The number of aromatic nitrogens is 2. The average molecular weight is 286 g/mol. The summed E-state index contributed by atoms with van der Waals surface area (Å²) >= 11 is 0. The molecule has 1 amide bonds. The molecule has 0 radical (unpaired) electrons. The van der Waals surface area contributed by atoms with Gasteiger partial charge in [0.15, 0.2) is 0 Å². The van der Waals surface area contributed by atoms with Gasteiger partial charge in [0.2, 0.25) is 0 Å². The Morgan fingerprint density at radius 1 is 1.43 bits per heavy atom. The second-order valence-corrected chi connectivity index (χ2v) is 5.27. The number of nitrogens with zero attached hydrogens (tertiary/aromatic N) is 2. The summed E-state index contributed by atoms with van der Waals surface area (Å²) < 4.78 is 5.69. The van der Waals surface area contributed by atoms with Gasteiger partial charge in [-0.15, -0.1) is 0 Å². The van der Waals surface area contributed by atoms with Crippen LogP contribution in [0.4, 0.5) is 0 Å². The van der Waals surface area contributed by atoms with Gasteiger partial charge in [0, 0.05) is 24.2 Å². The van der Waals surface area contributed by atoms with Crippen LogP contribution in [0.15, 0.2) is 24.3 Å². The van der Waals surface area contributed by atoms with Crippen molar-refractivity contribution in [2.75, 3.05) is 27.2 Å². The third-order valence-corrected chi connectivity index (χ3v) is 3.45. The lowest BCUT2D eigenvalue weighted by atomic mass is 10.0. The number of aromatic amines is 1. The zero-order chi connectivity index (χ0) is 14.8. The third kappa shape index (κ3) is 2.62. The van der Waals surface area contributed by atoms with Crippen LogP contribution in [0, 0.1) is 0 Å². The fraction of sp³-hybridized carbons (Fsp3) is 0.333. The number of ether oxygens (including phenoxy) is 1. The molecule has 1 aromatic heterocycles. The number of nitrogens with one attached hydrogen (secondary N) is 2. The van der Waals surface area contributed by atoms with E-state index in [1.807, 2.05) is 43.3 Å². The fourth-order valence-corrected chi connectivity index (χ4v) is 2.34. The van der Waals surface area contributed by atoms with E-state index in [1.54, 1.807) is 0 Å². The van der Waals surface area contributed by atoms with Crippen LogP contribution in [0.2, 0.25) is 0 Å². The zero-order valence-corrected chi connectivity index (χ0v) is 12.1. The predicted molar refractivity (Wildman–Crippen MR) is 79.2 cm³/mol. The number of carbonyl (C=O) groups is 1. The van der Waals surface area contributed by atoms with Crippen LogP contribution in [-0.4, -0.2) is 48.2 Å². The molecule has 2 N–H and O–H groups in total. The van der Waals surface area contributed by atoms with Crippen molar-refractivity contribution in [3.8, 4) is 17.0 Å². The van der Waals surface area contributed by atoms with Crippen molar-refractivity contribution in [2.24, 2.45) is 0 Å². The molecule has 0 aliphatic carbocycles. The van der Waals surface area contributed by atoms with Crippen molar-refractivity contribution in [3.05, 3.63) is 35.5 Å². The number of H-pyrrole nitrogens is 1. The number of hydrogen-bond acceptors (Lipinski definition) is 4. The molecule has 110 valence electrons. The minimum atomic E-state index is -0.145. The van der Waals surface area contributed by atoms with Gasteiger partial charge in [-0.25, -0.2) is 0 Å². The maximum absolute atomic E-state index is 12.2. The van der Waals surface area contributed by atoms with Crippen molar-refractivity contribution < 1.29 is 9.53 Å². The van der Waals surface area contributed by atoms with E-state index in [0.29, 0.717) is 18.8 Å². The summed E-state index contributed by atoms with van der Waals surface area (Å²) in [5, 5.41) is 10.0. The van der Waals surface area contributed by atoms with Gasteiger partial charge in [-0.1, -0.05) is 12.1 Å². The lowest BCUT2D eigenvalue weighted by molar-refractivity contribution is 0.0943. The Hall–Kier alpha value is -2.34. The topological polar surface area (TPSA) is 70.2 Å². The summed E-state index contributed by atoms with van der Waals surface area (Å²) in [4.78, 5) is 14.2. The lowest BCUT2D eigenvalue weighted by Gasteiger charge is -2.17. The highest BCUT2D eigenvalue weighted by Gasteiger charge is 2.25. The van der Waals surface area contributed by atoms with Crippen molar-refractivity contribution in [1.29, 1.82) is 0 Å². The monoisotopic (exact) mass is 286 g/mol. The van der Waals surface area contributed by atoms with E-state index in [4.69, 9.17) is 4.74 Å². The van der Waals surface area contributed by atoms with Gasteiger partial charge in [-0.3, -0.25) is 9.89 Å². The fourth-order valence-electron chi connectivity index (χ4n) is 2.34.